The third kappa shape index (κ3) is 2.84. The van der Waals surface area contributed by atoms with Crippen molar-refractivity contribution in [3.05, 3.63) is 65.2 Å². The zero-order valence-electron chi connectivity index (χ0n) is 11.2. The maximum atomic E-state index is 9.75. The number of benzene rings is 2. The number of hydrogen-bond donors (Lipinski definition) is 1. The molecule has 1 atom stereocenters. The molecule has 0 saturated heterocycles. The first-order chi connectivity index (χ1) is 9.83. The maximum Gasteiger partial charge on any atom is 0.149 e. The van der Waals surface area contributed by atoms with Crippen LogP contribution in [0.4, 0.5) is 0 Å². The molecule has 0 spiro atoms. The summed E-state index contributed by atoms with van der Waals surface area (Å²) in [5.74, 6) is 6.88. The Bertz CT molecular complexity index is 650. The summed E-state index contributed by atoms with van der Waals surface area (Å²) < 4.78 is 5.63. The van der Waals surface area contributed by atoms with Crippen molar-refractivity contribution in [2.45, 2.75) is 18.9 Å². The van der Waals surface area contributed by atoms with Gasteiger partial charge in [0.25, 0.3) is 0 Å². The third-order valence-electron chi connectivity index (χ3n) is 3.48. The van der Waals surface area contributed by atoms with E-state index in [0.29, 0.717) is 6.61 Å². The molecular weight excluding hydrogens is 248 g/mol. The second-order valence-electron chi connectivity index (χ2n) is 4.87. The minimum absolute atomic E-state index is 0.308. The molecule has 0 radical (unpaired) electrons. The number of aliphatic hydroxyl groups is 1. The van der Waals surface area contributed by atoms with Gasteiger partial charge in [0.05, 0.1) is 6.10 Å². The van der Waals surface area contributed by atoms with E-state index in [1.54, 1.807) is 0 Å². The van der Waals surface area contributed by atoms with Gasteiger partial charge < -0.3 is 9.84 Å². The van der Waals surface area contributed by atoms with E-state index in [0.717, 1.165) is 29.7 Å². The predicted octanol–water partition coefficient (Wildman–Crippen LogP) is 3.10. The first kappa shape index (κ1) is 12.8. The molecule has 3 rings (SSSR count). The van der Waals surface area contributed by atoms with Gasteiger partial charge in [0.1, 0.15) is 12.4 Å². The van der Waals surface area contributed by atoms with E-state index in [9.17, 15) is 5.11 Å². The molecule has 1 aliphatic carbocycles. The molecule has 100 valence electrons. The van der Waals surface area contributed by atoms with E-state index >= 15 is 0 Å². The Kier molecular flexibility index (Phi) is 3.71. The van der Waals surface area contributed by atoms with Gasteiger partial charge in [-0.25, -0.2) is 0 Å². The average molecular weight is 264 g/mol. The molecule has 1 N–H and O–H groups in total. The van der Waals surface area contributed by atoms with E-state index in [2.05, 4.69) is 11.8 Å². The zero-order valence-corrected chi connectivity index (χ0v) is 11.2. The zero-order chi connectivity index (χ0) is 13.8. The second-order valence-corrected chi connectivity index (χ2v) is 4.87. The van der Waals surface area contributed by atoms with Crippen LogP contribution in [0.25, 0.3) is 0 Å². The topological polar surface area (TPSA) is 29.5 Å². The van der Waals surface area contributed by atoms with E-state index in [1.807, 2.05) is 48.5 Å². The Labute approximate surface area is 119 Å². The molecule has 0 fully saturated rings. The Morgan fingerprint density at radius 2 is 2.00 bits per heavy atom. The van der Waals surface area contributed by atoms with E-state index in [1.165, 1.54) is 5.56 Å². The number of rotatable bonds is 2. The summed E-state index contributed by atoms with van der Waals surface area (Å²) in [4.78, 5) is 0. The summed E-state index contributed by atoms with van der Waals surface area (Å²) in [5.41, 5.74) is 3.21. The van der Waals surface area contributed by atoms with Crippen molar-refractivity contribution in [3.63, 3.8) is 0 Å². The van der Waals surface area contributed by atoms with Gasteiger partial charge in [-0.1, -0.05) is 36.1 Å². The van der Waals surface area contributed by atoms with Crippen molar-refractivity contribution >= 4 is 0 Å². The summed E-state index contributed by atoms with van der Waals surface area (Å²) >= 11 is 0. The monoisotopic (exact) mass is 264 g/mol. The lowest BCUT2D eigenvalue weighted by molar-refractivity contribution is 0.180. The fourth-order valence-electron chi connectivity index (χ4n) is 2.44. The molecule has 0 heterocycles. The molecule has 1 aliphatic rings. The summed E-state index contributed by atoms with van der Waals surface area (Å²) in [6.45, 7) is 0.371. The summed E-state index contributed by atoms with van der Waals surface area (Å²) in [7, 11) is 0. The molecule has 0 amide bonds. The molecule has 0 saturated carbocycles. The number of hydrogen-bond acceptors (Lipinski definition) is 2. The molecule has 0 unspecified atom stereocenters. The van der Waals surface area contributed by atoms with E-state index in [4.69, 9.17) is 4.74 Å². The van der Waals surface area contributed by atoms with Crippen LogP contribution < -0.4 is 4.74 Å². The van der Waals surface area contributed by atoms with Crippen molar-refractivity contribution < 1.29 is 9.84 Å². The fraction of sp³-hybridized carbons (Fsp3) is 0.222. The highest BCUT2D eigenvalue weighted by atomic mass is 16.5. The summed E-state index contributed by atoms with van der Waals surface area (Å²) in [6.07, 6.45) is 1.42. The van der Waals surface area contributed by atoms with Crippen LogP contribution >= 0.6 is 0 Å². The predicted molar refractivity (Wildman–Crippen MR) is 78.5 cm³/mol. The lowest BCUT2D eigenvalue weighted by Crippen LogP contribution is -1.96. The average Bonchev–Trinajstić information content (AvgIpc) is 2.86. The van der Waals surface area contributed by atoms with Crippen LogP contribution in [0.3, 0.4) is 0 Å². The van der Waals surface area contributed by atoms with E-state index < -0.39 is 0 Å². The summed E-state index contributed by atoms with van der Waals surface area (Å²) in [6, 6.07) is 15.7. The largest absolute Gasteiger partial charge is 0.481 e. The quantitative estimate of drug-likeness (QED) is 0.845. The van der Waals surface area contributed by atoms with E-state index in [-0.39, 0.29) is 6.10 Å². The van der Waals surface area contributed by atoms with Crippen molar-refractivity contribution in [2.75, 3.05) is 6.61 Å². The van der Waals surface area contributed by atoms with Crippen LogP contribution in [0.5, 0.6) is 5.75 Å². The van der Waals surface area contributed by atoms with Crippen molar-refractivity contribution in [3.8, 4) is 17.6 Å². The van der Waals surface area contributed by atoms with Crippen LogP contribution in [0.1, 0.15) is 29.2 Å². The first-order valence-electron chi connectivity index (χ1n) is 6.80. The van der Waals surface area contributed by atoms with Gasteiger partial charge in [-0.05, 0) is 48.2 Å². The Morgan fingerprint density at radius 1 is 1.15 bits per heavy atom. The standard InChI is InChI=1S/C18H16O2/c19-18-11-8-15-13-16(9-10-17(15)18)20-12-4-7-14-5-2-1-3-6-14/h1-3,5-6,9-10,13,18-19H,8,11-12H2/t18-/m1/s1. The van der Waals surface area contributed by atoms with Crippen LogP contribution in [-0.4, -0.2) is 11.7 Å². The number of aryl methyl sites for hydroxylation is 1. The fourth-order valence-corrected chi connectivity index (χ4v) is 2.44. The SMILES string of the molecule is O[C@@H]1CCc2cc(OCC#Cc3ccccc3)ccc21. The van der Waals surface area contributed by atoms with Crippen molar-refractivity contribution in [1.29, 1.82) is 0 Å². The summed E-state index contributed by atoms with van der Waals surface area (Å²) in [5, 5.41) is 9.75. The molecule has 0 aromatic heterocycles. The lowest BCUT2D eigenvalue weighted by Gasteiger charge is -2.06. The molecule has 2 aromatic rings. The maximum absolute atomic E-state index is 9.75. The normalized spacial score (nSPS) is 16.1. The molecule has 20 heavy (non-hydrogen) atoms. The first-order valence-corrected chi connectivity index (χ1v) is 6.80. The highest BCUT2D eigenvalue weighted by molar-refractivity contribution is 5.40. The van der Waals surface area contributed by atoms with Gasteiger partial charge in [0.2, 0.25) is 0 Å². The Morgan fingerprint density at radius 3 is 2.85 bits per heavy atom. The molecule has 2 heteroatoms. The lowest BCUT2D eigenvalue weighted by atomic mass is 10.1. The Balaban J connectivity index is 1.61. The second kappa shape index (κ2) is 5.81. The molecular formula is C18H16O2. The molecule has 2 nitrogen and oxygen atoms in total. The van der Waals surface area contributed by atoms with Gasteiger partial charge in [-0.3, -0.25) is 0 Å². The molecule has 0 aliphatic heterocycles. The van der Waals surface area contributed by atoms with Crippen molar-refractivity contribution in [2.24, 2.45) is 0 Å². The van der Waals surface area contributed by atoms with Crippen LogP contribution in [0.15, 0.2) is 48.5 Å². The highest BCUT2D eigenvalue weighted by Gasteiger charge is 2.20. The third-order valence-corrected chi connectivity index (χ3v) is 3.48. The van der Waals surface area contributed by atoms with Crippen molar-refractivity contribution in [1.82, 2.24) is 0 Å². The number of fused-ring (bicyclic) bond motifs is 1. The Hall–Kier alpha value is -2.24. The van der Waals surface area contributed by atoms with Gasteiger partial charge in [0.15, 0.2) is 0 Å². The van der Waals surface area contributed by atoms with Crippen LogP contribution in [0.2, 0.25) is 0 Å². The smallest absolute Gasteiger partial charge is 0.149 e. The van der Waals surface area contributed by atoms with Crippen LogP contribution in [0, 0.1) is 11.8 Å². The minimum Gasteiger partial charge on any atom is -0.481 e. The van der Waals surface area contributed by atoms with Gasteiger partial charge >= 0.3 is 0 Å². The molecule has 2 aromatic carbocycles. The van der Waals surface area contributed by atoms with Gasteiger partial charge in [-0.2, -0.15) is 0 Å². The van der Waals surface area contributed by atoms with Crippen LogP contribution in [-0.2, 0) is 6.42 Å². The van der Waals surface area contributed by atoms with Gasteiger partial charge in [0, 0.05) is 5.56 Å². The number of ether oxygens (including phenoxy) is 1. The number of aliphatic hydroxyl groups excluding tert-OH is 1. The minimum atomic E-state index is -0.308. The molecule has 0 bridgehead atoms. The highest BCUT2D eigenvalue weighted by Crippen LogP contribution is 2.33. The van der Waals surface area contributed by atoms with Gasteiger partial charge in [-0.15, -0.1) is 0 Å².